The number of nitrogens with zero attached hydrogens (tertiary/aromatic N) is 3. The van der Waals surface area contributed by atoms with Gasteiger partial charge < -0.3 is 0 Å². The second-order valence-electron chi connectivity index (χ2n) is 5.25. The van der Waals surface area contributed by atoms with Gasteiger partial charge in [-0.05, 0) is 36.8 Å². The van der Waals surface area contributed by atoms with Gasteiger partial charge >= 0.3 is 0 Å². The average Bonchev–Trinajstić information content (AvgIpc) is 3.04. The van der Waals surface area contributed by atoms with Gasteiger partial charge in [-0.25, -0.2) is 4.98 Å². The second-order valence-corrected chi connectivity index (χ2v) is 7.57. The van der Waals surface area contributed by atoms with Gasteiger partial charge in [0.1, 0.15) is 17.7 Å². The highest BCUT2D eigenvalue weighted by atomic mass is 32.2. The highest BCUT2D eigenvalue weighted by Crippen LogP contribution is 2.38. The van der Waals surface area contributed by atoms with Gasteiger partial charge in [0.2, 0.25) is 0 Å². The highest BCUT2D eigenvalue weighted by Gasteiger charge is 2.09. The number of benzene rings is 2. The third kappa shape index (κ3) is 4.16. The highest BCUT2D eigenvalue weighted by molar-refractivity contribution is 8.09. The topological polar surface area (TPSA) is 60.5 Å². The number of thioether (sulfide) groups is 1. The van der Waals surface area contributed by atoms with Crippen LogP contribution in [-0.4, -0.2) is 4.98 Å². The van der Waals surface area contributed by atoms with Gasteiger partial charge in [-0.1, -0.05) is 53.7 Å². The summed E-state index contributed by atoms with van der Waals surface area (Å²) < 4.78 is 2.07. The molecule has 0 aliphatic rings. The molecule has 0 unspecified atom stereocenters. The van der Waals surface area contributed by atoms with Crippen molar-refractivity contribution in [2.75, 3.05) is 0 Å². The molecule has 25 heavy (non-hydrogen) atoms. The molecule has 0 aliphatic carbocycles. The number of para-hydroxylation sites is 1. The second kappa shape index (κ2) is 7.81. The van der Waals surface area contributed by atoms with E-state index >= 15 is 0 Å². The summed E-state index contributed by atoms with van der Waals surface area (Å²) in [4.78, 5) is 5.60. The van der Waals surface area contributed by atoms with Gasteiger partial charge in [-0.3, -0.25) is 0 Å². The van der Waals surface area contributed by atoms with Crippen LogP contribution in [-0.2, 0) is 0 Å². The zero-order chi connectivity index (χ0) is 17.6. The quantitative estimate of drug-likeness (QED) is 0.340. The van der Waals surface area contributed by atoms with Crippen molar-refractivity contribution >= 4 is 38.2 Å². The third-order valence-electron chi connectivity index (χ3n) is 3.45. The van der Waals surface area contributed by atoms with Crippen LogP contribution < -0.4 is 0 Å². The number of aromatic nitrogens is 1. The Morgan fingerprint density at radius 3 is 2.44 bits per heavy atom. The van der Waals surface area contributed by atoms with Crippen LogP contribution in [0, 0.1) is 29.6 Å². The largest absolute Gasteiger partial charge is 0.229 e. The summed E-state index contributed by atoms with van der Waals surface area (Å²) in [6.45, 7) is 2.04. The van der Waals surface area contributed by atoms with Gasteiger partial charge in [-0.15, -0.1) is 11.3 Å². The predicted octanol–water partition coefficient (Wildman–Crippen LogP) is 5.71. The van der Waals surface area contributed by atoms with Crippen molar-refractivity contribution in [2.45, 2.75) is 11.3 Å². The first-order chi connectivity index (χ1) is 12.2. The zero-order valence-corrected chi connectivity index (χ0v) is 15.1. The Balaban J connectivity index is 2.00. The number of nitriles is 2. The van der Waals surface area contributed by atoms with Gasteiger partial charge in [0.05, 0.1) is 10.2 Å². The van der Waals surface area contributed by atoms with Crippen molar-refractivity contribution in [3.63, 3.8) is 0 Å². The summed E-state index contributed by atoms with van der Waals surface area (Å²) in [5, 5.41) is 17.9. The first-order valence-electron chi connectivity index (χ1n) is 7.52. The summed E-state index contributed by atoms with van der Waals surface area (Å²) in [6, 6.07) is 19.9. The fourth-order valence-electron chi connectivity index (χ4n) is 2.15. The first-order valence-corrected chi connectivity index (χ1v) is 9.15. The maximum absolute atomic E-state index is 8.94. The molecular weight excluding hydrogens is 346 g/mol. The maximum Gasteiger partial charge on any atom is 0.155 e. The number of thiazole rings is 1. The molecule has 1 heterocycles. The Hall–Kier alpha value is -2.86. The Bertz CT molecular complexity index is 996. The van der Waals surface area contributed by atoms with Crippen LogP contribution in [0.5, 0.6) is 0 Å². The van der Waals surface area contributed by atoms with Crippen LogP contribution in [0.3, 0.4) is 0 Å². The number of hydrogen-bond acceptors (Lipinski definition) is 5. The van der Waals surface area contributed by atoms with E-state index in [4.69, 9.17) is 10.5 Å². The Labute approximate surface area is 154 Å². The summed E-state index contributed by atoms with van der Waals surface area (Å²) in [5.74, 6) is 0. The summed E-state index contributed by atoms with van der Waals surface area (Å²) in [5.41, 5.74) is 3.26. The molecule has 0 bridgehead atoms. The molecule has 2 aromatic carbocycles. The smallest absolute Gasteiger partial charge is 0.155 e. The zero-order valence-electron chi connectivity index (χ0n) is 13.4. The van der Waals surface area contributed by atoms with Crippen molar-refractivity contribution in [2.24, 2.45) is 0 Å². The van der Waals surface area contributed by atoms with E-state index in [1.54, 1.807) is 29.2 Å². The molecule has 0 atom stereocenters. The van der Waals surface area contributed by atoms with Crippen LogP contribution in [0.1, 0.15) is 11.1 Å². The lowest BCUT2D eigenvalue weighted by Gasteiger charge is -2.05. The van der Waals surface area contributed by atoms with Crippen molar-refractivity contribution in [1.82, 2.24) is 4.98 Å². The van der Waals surface area contributed by atoms with E-state index in [0.29, 0.717) is 0 Å². The average molecular weight is 359 g/mol. The monoisotopic (exact) mass is 359 g/mol. The number of allylic oxidation sites excluding steroid dienone is 3. The number of hydrogen-bond donors (Lipinski definition) is 0. The molecule has 0 amide bonds. The Kier molecular flexibility index (Phi) is 5.30. The first kappa shape index (κ1) is 17.0. The molecule has 0 saturated heterocycles. The minimum absolute atomic E-state index is 0.0783. The molecule has 0 spiro atoms. The van der Waals surface area contributed by atoms with Gasteiger partial charge in [0, 0.05) is 4.91 Å². The van der Waals surface area contributed by atoms with Crippen LogP contribution >= 0.6 is 23.1 Å². The Morgan fingerprint density at radius 1 is 1.04 bits per heavy atom. The number of aryl methyl sites for hydroxylation is 1. The van der Waals surface area contributed by atoms with Gasteiger partial charge in [0.25, 0.3) is 0 Å². The van der Waals surface area contributed by atoms with Crippen LogP contribution in [0.2, 0.25) is 0 Å². The maximum atomic E-state index is 8.94. The fraction of sp³-hybridized carbons (Fsp3) is 0.0500. The lowest BCUT2D eigenvalue weighted by molar-refractivity contribution is 1.31. The summed E-state index contributed by atoms with van der Waals surface area (Å²) in [7, 11) is 0. The molecule has 0 aliphatic heterocycles. The van der Waals surface area contributed by atoms with E-state index in [0.717, 1.165) is 25.0 Å². The molecule has 120 valence electrons. The van der Waals surface area contributed by atoms with Crippen LogP contribution in [0.15, 0.2) is 70.6 Å². The number of rotatable bonds is 4. The lowest BCUT2D eigenvalue weighted by Crippen LogP contribution is -1.82. The minimum atomic E-state index is 0.0783. The van der Waals surface area contributed by atoms with Crippen molar-refractivity contribution in [3.05, 3.63) is 77.4 Å². The van der Waals surface area contributed by atoms with Crippen LogP contribution in [0.4, 0.5) is 0 Å². The molecule has 5 heteroatoms. The number of fused-ring (bicyclic) bond motifs is 1. The summed E-state index contributed by atoms with van der Waals surface area (Å²) in [6.07, 6.45) is 3.36. The summed E-state index contributed by atoms with van der Waals surface area (Å²) >= 11 is 3.17. The SMILES string of the molecule is Cc1ccc(/C(=C\C=C(C#N)C#N)Sc2nc3ccccc3s2)cc1. The molecule has 1 aromatic heterocycles. The van der Waals surface area contributed by atoms with E-state index < -0.39 is 0 Å². The van der Waals surface area contributed by atoms with Gasteiger partial charge in [-0.2, -0.15) is 10.5 Å². The molecule has 3 aromatic rings. The molecule has 3 nitrogen and oxygen atoms in total. The molecule has 0 N–H and O–H groups in total. The lowest BCUT2D eigenvalue weighted by atomic mass is 10.1. The molecule has 0 radical (unpaired) electrons. The van der Waals surface area contributed by atoms with Gasteiger partial charge in [0.15, 0.2) is 4.34 Å². The van der Waals surface area contributed by atoms with E-state index in [9.17, 15) is 0 Å². The minimum Gasteiger partial charge on any atom is -0.229 e. The fourth-order valence-corrected chi connectivity index (χ4v) is 4.28. The van der Waals surface area contributed by atoms with E-state index in [1.165, 1.54) is 5.56 Å². The van der Waals surface area contributed by atoms with Crippen molar-refractivity contribution < 1.29 is 0 Å². The van der Waals surface area contributed by atoms with Crippen molar-refractivity contribution in [1.29, 1.82) is 10.5 Å². The van der Waals surface area contributed by atoms with E-state index in [2.05, 4.69) is 11.1 Å². The van der Waals surface area contributed by atoms with E-state index in [1.807, 2.05) is 67.6 Å². The van der Waals surface area contributed by atoms with Crippen LogP contribution in [0.25, 0.3) is 15.1 Å². The third-order valence-corrected chi connectivity index (χ3v) is 5.64. The molecular formula is C20H13N3S2. The standard InChI is InChI=1S/C20H13N3S2/c1-14-6-9-16(10-7-14)18(11-8-15(12-21)13-22)24-20-23-17-4-2-3-5-19(17)25-20/h2-11H,1H3/b18-11+. The Morgan fingerprint density at radius 2 is 1.76 bits per heavy atom. The molecule has 0 saturated carbocycles. The van der Waals surface area contributed by atoms with Crippen molar-refractivity contribution in [3.8, 4) is 12.1 Å². The normalized spacial score (nSPS) is 10.9. The molecule has 3 rings (SSSR count). The van der Waals surface area contributed by atoms with E-state index in [-0.39, 0.29) is 5.57 Å². The molecule has 0 fully saturated rings. The predicted molar refractivity (Wildman–Crippen MR) is 104 cm³/mol.